The van der Waals surface area contributed by atoms with Gasteiger partial charge in [-0.1, -0.05) is 0 Å². The lowest BCUT2D eigenvalue weighted by Gasteiger charge is -2.27. The Balaban J connectivity index is 1.60. The molecule has 1 aliphatic heterocycles. The van der Waals surface area contributed by atoms with Gasteiger partial charge < -0.3 is 10.6 Å². The summed E-state index contributed by atoms with van der Waals surface area (Å²) in [6.07, 6.45) is 1.55. The summed E-state index contributed by atoms with van der Waals surface area (Å²) in [5.41, 5.74) is 2.01. The number of piperazine rings is 1. The van der Waals surface area contributed by atoms with Crippen LogP contribution in [0.1, 0.15) is 16.1 Å². The highest BCUT2D eigenvalue weighted by Gasteiger charge is 2.15. The third-order valence-corrected chi connectivity index (χ3v) is 4.25. The molecule has 0 aliphatic carbocycles. The number of halogens is 1. The van der Waals surface area contributed by atoms with Gasteiger partial charge in [-0.15, -0.1) is 0 Å². The largest absolute Gasteiger partial charge is 0.351 e. The molecule has 6 nitrogen and oxygen atoms in total. The van der Waals surface area contributed by atoms with Gasteiger partial charge in [-0.05, 0) is 31.2 Å². The number of rotatable bonds is 5. The van der Waals surface area contributed by atoms with Crippen molar-refractivity contribution in [2.75, 3.05) is 39.3 Å². The minimum atomic E-state index is -0.297. The Bertz CT molecular complexity index is 692. The number of carbonyl (C=O) groups is 1. The highest BCUT2D eigenvalue weighted by atomic mass is 19.1. The lowest BCUT2D eigenvalue weighted by Crippen LogP contribution is -2.46. The Kier molecular flexibility index (Phi) is 5.22. The molecule has 1 amide bonds. The van der Waals surface area contributed by atoms with Gasteiger partial charge in [-0.2, -0.15) is 5.10 Å². The zero-order chi connectivity index (χ0) is 16.9. The smallest absolute Gasteiger partial charge is 0.254 e. The van der Waals surface area contributed by atoms with E-state index in [0.29, 0.717) is 12.1 Å². The summed E-state index contributed by atoms with van der Waals surface area (Å²) < 4.78 is 14.7. The van der Waals surface area contributed by atoms with Crippen LogP contribution in [0.5, 0.6) is 0 Å². The summed E-state index contributed by atoms with van der Waals surface area (Å²) in [7, 11) is 0. The maximum atomic E-state index is 13.0. The average Bonchev–Trinajstić information content (AvgIpc) is 2.98. The highest BCUT2D eigenvalue weighted by molar-refractivity contribution is 5.95. The molecule has 128 valence electrons. The van der Waals surface area contributed by atoms with E-state index in [1.807, 2.05) is 6.92 Å². The summed E-state index contributed by atoms with van der Waals surface area (Å²) in [6.45, 7) is 7.31. The molecule has 0 unspecified atom stereocenters. The summed E-state index contributed by atoms with van der Waals surface area (Å²) in [6, 6.07) is 6.04. The van der Waals surface area contributed by atoms with Crippen LogP contribution in [0.15, 0.2) is 30.5 Å². The van der Waals surface area contributed by atoms with Crippen molar-refractivity contribution in [3.8, 4) is 5.69 Å². The predicted molar refractivity (Wildman–Crippen MR) is 89.9 cm³/mol. The van der Waals surface area contributed by atoms with E-state index in [1.165, 1.54) is 12.1 Å². The van der Waals surface area contributed by atoms with Crippen LogP contribution in [-0.4, -0.2) is 59.9 Å². The fourth-order valence-electron chi connectivity index (χ4n) is 2.83. The summed E-state index contributed by atoms with van der Waals surface area (Å²) >= 11 is 0. The molecule has 0 bridgehead atoms. The number of nitrogens with zero attached hydrogens (tertiary/aromatic N) is 3. The van der Waals surface area contributed by atoms with Crippen molar-refractivity contribution in [3.05, 3.63) is 47.5 Å². The molecule has 24 heavy (non-hydrogen) atoms. The molecule has 2 N–H and O–H groups in total. The summed E-state index contributed by atoms with van der Waals surface area (Å²) in [5.74, 6) is -0.426. The number of aromatic nitrogens is 2. The highest BCUT2D eigenvalue weighted by Crippen LogP contribution is 2.14. The number of benzene rings is 1. The fourth-order valence-corrected chi connectivity index (χ4v) is 2.83. The summed E-state index contributed by atoms with van der Waals surface area (Å²) in [5, 5.41) is 10.5. The van der Waals surface area contributed by atoms with Crippen LogP contribution < -0.4 is 10.6 Å². The SMILES string of the molecule is Cc1c(C(=O)NCCN2CCNCC2)cnn1-c1ccc(F)cc1. The topological polar surface area (TPSA) is 62.2 Å². The van der Waals surface area contributed by atoms with Crippen molar-refractivity contribution in [2.45, 2.75) is 6.92 Å². The zero-order valence-electron chi connectivity index (χ0n) is 13.8. The van der Waals surface area contributed by atoms with Gasteiger partial charge in [-0.25, -0.2) is 9.07 Å². The van der Waals surface area contributed by atoms with E-state index in [-0.39, 0.29) is 11.7 Å². The molecule has 1 saturated heterocycles. The zero-order valence-corrected chi connectivity index (χ0v) is 13.8. The Morgan fingerprint density at radius 2 is 2.00 bits per heavy atom. The van der Waals surface area contributed by atoms with E-state index in [9.17, 15) is 9.18 Å². The number of nitrogens with one attached hydrogen (secondary N) is 2. The molecule has 1 aromatic heterocycles. The van der Waals surface area contributed by atoms with Gasteiger partial charge in [0, 0.05) is 39.3 Å². The van der Waals surface area contributed by atoms with Gasteiger partial charge in [0.15, 0.2) is 0 Å². The fraction of sp³-hybridized carbons (Fsp3) is 0.412. The molecule has 0 spiro atoms. The first-order valence-corrected chi connectivity index (χ1v) is 8.17. The Hall–Kier alpha value is -2.25. The summed E-state index contributed by atoms with van der Waals surface area (Å²) in [4.78, 5) is 14.7. The third kappa shape index (κ3) is 3.80. The number of hydrogen-bond acceptors (Lipinski definition) is 4. The second kappa shape index (κ2) is 7.55. The van der Waals surface area contributed by atoms with Gasteiger partial charge in [-0.3, -0.25) is 9.69 Å². The van der Waals surface area contributed by atoms with E-state index in [1.54, 1.807) is 23.0 Å². The maximum absolute atomic E-state index is 13.0. The molecule has 2 aromatic rings. The molecule has 1 aromatic carbocycles. The number of hydrogen-bond donors (Lipinski definition) is 2. The van der Waals surface area contributed by atoms with Crippen molar-refractivity contribution >= 4 is 5.91 Å². The lowest BCUT2D eigenvalue weighted by molar-refractivity contribution is 0.0946. The van der Waals surface area contributed by atoms with Crippen LogP contribution >= 0.6 is 0 Å². The van der Waals surface area contributed by atoms with Crippen LogP contribution in [0.2, 0.25) is 0 Å². The second-order valence-corrected chi connectivity index (χ2v) is 5.88. The second-order valence-electron chi connectivity index (χ2n) is 5.88. The Morgan fingerprint density at radius 1 is 1.29 bits per heavy atom. The van der Waals surface area contributed by atoms with Gasteiger partial charge in [0.25, 0.3) is 5.91 Å². The first-order valence-electron chi connectivity index (χ1n) is 8.17. The van der Waals surface area contributed by atoms with E-state index in [2.05, 4.69) is 20.6 Å². The first-order chi connectivity index (χ1) is 11.6. The molecule has 1 fully saturated rings. The molecule has 2 heterocycles. The lowest BCUT2D eigenvalue weighted by atomic mass is 10.2. The monoisotopic (exact) mass is 331 g/mol. The van der Waals surface area contributed by atoms with Crippen molar-refractivity contribution in [3.63, 3.8) is 0 Å². The molecule has 1 aliphatic rings. The predicted octanol–water partition coefficient (Wildman–Crippen LogP) is 0.955. The molecule has 0 atom stereocenters. The van der Waals surface area contributed by atoms with Crippen LogP contribution in [0.3, 0.4) is 0 Å². The molecular weight excluding hydrogens is 309 g/mol. The van der Waals surface area contributed by atoms with E-state index >= 15 is 0 Å². The van der Waals surface area contributed by atoms with Crippen molar-refractivity contribution in [1.29, 1.82) is 0 Å². The Labute approximate surface area is 140 Å². The third-order valence-electron chi connectivity index (χ3n) is 4.25. The van der Waals surface area contributed by atoms with Crippen molar-refractivity contribution in [1.82, 2.24) is 25.3 Å². The Morgan fingerprint density at radius 3 is 2.71 bits per heavy atom. The van der Waals surface area contributed by atoms with Crippen molar-refractivity contribution < 1.29 is 9.18 Å². The average molecular weight is 331 g/mol. The molecular formula is C17H22FN5O. The van der Waals surface area contributed by atoms with Crippen LogP contribution in [-0.2, 0) is 0 Å². The van der Waals surface area contributed by atoms with E-state index < -0.39 is 0 Å². The normalized spacial score (nSPS) is 15.4. The van der Waals surface area contributed by atoms with Gasteiger partial charge in [0.2, 0.25) is 0 Å². The minimum absolute atomic E-state index is 0.129. The standard InChI is InChI=1S/C17H22FN5O/c1-13-16(12-21-23(13)15-4-2-14(18)3-5-15)17(24)20-8-11-22-9-6-19-7-10-22/h2-5,12,19H,6-11H2,1H3,(H,20,24). The quantitative estimate of drug-likeness (QED) is 0.857. The maximum Gasteiger partial charge on any atom is 0.254 e. The number of carbonyl (C=O) groups excluding carboxylic acids is 1. The number of amides is 1. The molecule has 7 heteroatoms. The van der Waals surface area contributed by atoms with E-state index in [4.69, 9.17) is 0 Å². The van der Waals surface area contributed by atoms with E-state index in [0.717, 1.165) is 44.1 Å². The first kappa shape index (κ1) is 16.6. The minimum Gasteiger partial charge on any atom is -0.351 e. The van der Waals surface area contributed by atoms with Gasteiger partial charge in [0.05, 0.1) is 23.1 Å². The van der Waals surface area contributed by atoms with Crippen LogP contribution in [0.25, 0.3) is 5.69 Å². The van der Waals surface area contributed by atoms with Gasteiger partial charge >= 0.3 is 0 Å². The van der Waals surface area contributed by atoms with Crippen LogP contribution in [0.4, 0.5) is 4.39 Å². The molecule has 0 radical (unpaired) electrons. The van der Waals surface area contributed by atoms with Crippen molar-refractivity contribution in [2.24, 2.45) is 0 Å². The van der Waals surface area contributed by atoms with Crippen LogP contribution in [0, 0.1) is 12.7 Å². The molecule has 0 saturated carbocycles. The molecule has 3 rings (SSSR count). The van der Waals surface area contributed by atoms with Gasteiger partial charge in [0.1, 0.15) is 5.82 Å².